The summed E-state index contributed by atoms with van der Waals surface area (Å²) >= 11 is 3.25. The molecule has 0 saturated carbocycles. The molecule has 0 atom stereocenters. The van der Waals surface area contributed by atoms with Crippen molar-refractivity contribution in [3.05, 3.63) is 39.6 Å². The summed E-state index contributed by atoms with van der Waals surface area (Å²) < 4.78 is 27.9. The summed E-state index contributed by atoms with van der Waals surface area (Å²) in [4.78, 5) is 0.0985. The van der Waals surface area contributed by atoms with Crippen molar-refractivity contribution in [3.63, 3.8) is 0 Å². The van der Waals surface area contributed by atoms with E-state index < -0.39 is 10.0 Å². The number of nitrogens with one attached hydrogen (secondary N) is 2. The summed E-state index contributed by atoms with van der Waals surface area (Å²) in [5.41, 5.74) is 1.30. The minimum atomic E-state index is -3.80. The minimum absolute atomic E-state index is 0.0985. The average Bonchev–Trinajstić information content (AvgIpc) is 2.69. The monoisotopic (exact) mass is 354 g/mol. The molecule has 2 N–H and O–H groups in total. The van der Waals surface area contributed by atoms with Crippen LogP contribution in [0.4, 0.5) is 5.69 Å². The molecule has 6 nitrogen and oxygen atoms in total. The second kappa shape index (κ2) is 5.26. The van der Waals surface area contributed by atoms with E-state index in [1.165, 1.54) is 6.07 Å². The van der Waals surface area contributed by atoms with Gasteiger partial charge in [-0.05, 0) is 32.0 Å². The highest BCUT2D eigenvalue weighted by molar-refractivity contribution is 9.10. The third-order valence-electron chi connectivity index (χ3n) is 2.68. The van der Waals surface area contributed by atoms with E-state index in [0.717, 1.165) is 0 Å². The molecule has 0 spiro atoms. The number of aryl methyl sites for hydroxylation is 2. The predicted molar refractivity (Wildman–Crippen MR) is 77.7 cm³/mol. The van der Waals surface area contributed by atoms with Gasteiger partial charge in [0.1, 0.15) is 11.0 Å². The second-order valence-corrected chi connectivity index (χ2v) is 6.71. The molecule has 0 unspecified atom stereocenters. The van der Waals surface area contributed by atoms with Crippen LogP contribution in [0.1, 0.15) is 17.0 Å². The molecule has 0 aliphatic rings. The Labute approximate surface area is 125 Å². The number of nitrogens with zero attached hydrogens (tertiary/aromatic N) is 2. The van der Waals surface area contributed by atoms with Gasteiger partial charge in [-0.15, -0.1) is 0 Å². The van der Waals surface area contributed by atoms with Crippen LogP contribution in [0, 0.1) is 25.2 Å². The summed E-state index contributed by atoms with van der Waals surface area (Å²) in [5.74, 6) is 0. The summed E-state index contributed by atoms with van der Waals surface area (Å²) in [6.45, 7) is 3.23. The molecule has 2 rings (SSSR count). The fourth-order valence-corrected chi connectivity index (χ4v) is 3.64. The maximum atomic E-state index is 12.4. The van der Waals surface area contributed by atoms with Gasteiger partial charge in [-0.25, -0.2) is 8.42 Å². The first-order valence-electron chi connectivity index (χ1n) is 5.59. The highest BCUT2D eigenvalue weighted by atomic mass is 79.9. The zero-order chi connectivity index (χ0) is 14.9. The van der Waals surface area contributed by atoms with Crippen LogP contribution in [-0.4, -0.2) is 18.6 Å². The fraction of sp³-hybridized carbons (Fsp3) is 0.167. The lowest BCUT2D eigenvalue weighted by molar-refractivity contribution is 0.600. The lowest BCUT2D eigenvalue weighted by atomic mass is 10.2. The molecule has 0 fully saturated rings. The van der Waals surface area contributed by atoms with Crippen molar-refractivity contribution in [3.8, 4) is 6.07 Å². The van der Waals surface area contributed by atoms with Crippen molar-refractivity contribution in [2.75, 3.05) is 4.72 Å². The van der Waals surface area contributed by atoms with Crippen LogP contribution in [0.15, 0.2) is 27.6 Å². The van der Waals surface area contributed by atoms with Crippen molar-refractivity contribution in [2.45, 2.75) is 18.7 Å². The van der Waals surface area contributed by atoms with Gasteiger partial charge in [-0.3, -0.25) is 9.82 Å². The van der Waals surface area contributed by atoms with E-state index in [1.807, 2.05) is 6.07 Å². The van der Waals surface area contributed by atoms with Gasteiger partial charge in [-0.1, -0.05) is 15.9 Å². The Morgan fingerprint density at radius 3 is 2.65 bits per heavy atom. The van der Waals surface area contributed by atoms with E-state index in [4.69, 9.17) is 5.26 Å². The number of aromatic amines is 1. The molecule has 0 amide bonds. The van der Waals surface area contributed by atoms with Gasteiger partial charge in [-0.2, -0.15) is 10.4 Å². The minimum Gasteiger partial charge on any atom is -0.281 e. The van der Waals surface area contributed by atoms with Gasteiger partial charge in [0.2, 0.25) is 0 Å². The van der Waals surface area contributed by atoms with Crippen LogP contribution in [0.5, 0.6) is 0 Å². The molecule has 0 bridgehead atoms. The number of rotatable bonds is 3. The van der Waals surface area contributed by atoms with Crippen molar-refractivity contribution in [1.29, 1.82) is 5.26 Å². The van der Waals surface area contributed by atoms with E-state index >= 15 is 0 Å². The van der Waals surface area contributed by atoms with Crippen LogP contribution in [-0.2, 0) is 10.0 Å². The topological polar surface area (TPSA) is 98.6 Å². The van der Waals surface area contributed by atoms with E-state index in [0.29, 0.717) is 15.9 Å². The highest BCUT2D eigenvalue weighted by Crippen LogP contribution is 2.25. The Kier molecular flexibility index (Phi) is 3.83. The summed E-state index contributed by atoms with van der Waals surface area (Å²) in [5, 5.41) is 15.5. The molecule has 20 heavy (non-hydrogen) atoms. The standard InChI is InChI=1S/C12H11BrN4O2S/c1-7-12(8(2)16-15-7)20(18,19)17-11-5-10(13)4-3-9(11)6-14/h3-5,17H,1-2H3,(H,15,16). The number of hydrogen-bond donors (Lipinski definition) is 2. The molecular formula is C12H11BrN4O2S. The number of nitriles is 1. The maximum Gasteiger partial charge on any atom is 0.265 e. The van der Waals surface area contributed by atoms with Crippen LogP contribution >= 0.6 is 15.9 Å². The predicted octanol–water partition coefficient (Wildman–Crippen LogP) is 2.46. The van der Waals surface area contributed by atoms with Gasteiger partial charge < -0.3 is 0 Å². The molecule has 2 aromatic rings. The quantitative estimate of drug-likeness (QED) is 0.884. The lowest BCUT2D eigenvalue weighted by Crippen LogP contribution is -2.15. The fourth-order valence-electron chi connectivity index (χ4n) is 1.83. The number of hydrogen-bond acceptors (Lipinski definition) is 4. The Hall–Kier alpha value is -1.85. The zero-order valence-corrected chi connectivity index (χ0v) is 13.1. The SMILES string of the molecule is Cc1n[nH]c(C)c1S(=O)(=O)Nc1cc(Br)ccc1C#N. The molecule has 0 aliphatic carbocycles. The number of H-pyrrole nitrogens is 1. The Bertz CT molecular complexity index is 786. The van der Waals surface area contributed by atoms with E-state index in [9.17, 15) is 8.42 Å². The number of benzene rings is 1. The first-order chi connectivity index (χ1) is 9.35. The first-order valence-corrected chi connectivity index (χ1v) is 7.87. The highest BCUT2D eigenvalue weighted by Gasteiger charge is 2.23. The number of aromatic nitrogens is 2. The van der Waals surface area contributed by atoms with Crippen molar-refractivity contribution >= 4 is 31.6 Å². The van der Waals surface area contributed by atoms with Crippen molar-refractivity contribution in [2.24, 2.45) is 0 Å². The normalized spacial score (nSPS) is 11.1. The summed E-state index contributed by atoms with van der Waals surface area (Å²) in [7, 11) is -3.80. The van der Waals surface area contributed by atoms with Gasteiger partial charge in [0, 0.05) is 4.47 Å². The number of anilines is 1. The van der Waals surface area contributed by atoms with Crippen LogP contribution in [0.2, 0.25) is 0 Å². The molecule has 1 aromatic carbocycles. The van der Waals surface area contributed by atoms with Crippen LogP contribution in [0.25, 0.3) is 0 Å². The van der Waals surface area contributed by atoms with Crippen LogP contribution < -0.4 is 4.72 Å². The Balaban J connectivity index is 2.50. The van der Waals surface area contributed by atoms with Gasteiger partial charge in [0.05, 0.1) is 22.6 Å². The zero-order valence-electron chi connectivity index (χ0n) is 10.7. The molecule has 1 aromatic heterocycles. The van der Waals surface area contributed by atoms with Gasteiger partial charge in [0.15, 0.2) is 0 Å². The molecule has 0 saturated heterocycles. The van der Waals surface area contributed by atoms with Crippen LogP contribution in [0.3, 0.4) is 0 Å². The summed E-state index contributed by atoms with van der Waals surface area (Å²) in [6, 6.07) is 6.70. The first kappa shape index (κ1) is 14.6. The third kappa shape index (κ3) is 2.69. The molecule has 0 aliphatic heterocycles. The molecule has 8 heteroatoms. The van der Waals surface area contributed by atoms with Crippen molar-refractivity contribution < 1.29 is 8.42 Å². The Morgan fingerprint density at radius 2 is 2.10 bits per heavy atom. The largest absolute Gasteiger partial charge is 0.281 e. The summed E-state index contributed by atoms with van der Waals surface area (Å²) in [6.07, 6.45) is 0. The number of sulfonamides is 1. The van der Waals surface area contributed by atoms with E-state index in [2.05, 4.69) is 30.8 Å². The molecular weight excluding hydrogens is 344 g/mol. The third-order valence-corrected chi connectivity index (χ3v) is 4.80. The molecule has 1 heterocycles. The van der Waals surface area contributed by atoms with E-state index in [-0.39, 0.29) is 16.1 Å². The second-order valence-electron chi connectivity index (χ2n) is 4.17. The maximum absolute atomic E-state index is 12.4. The lowest BCUT2D eigenvalue weighted by Gasteiger charge is -2.10. The molecule has 0 radical (unpaired) electrons. The van der Waals surface area contributed by atoms with Crippen molar-refractivity contribution in [1.82, 2.24) is 10.2 Å². The van der Waals surface area contributed by atoms with Gasteiger partial charge >= 0.3 is 0 Å². The number of halogens is 1. The van der Waals surface area contributed by atoms with Gasteiger partial charge in [0.25, 0.3) is 10.0 Å². The smallest absolute Gasteiger partial charge is 0.265 e. The molecule has 104 valence electrons. The van der Waals surface area contributed by atoms with E-state index in [1.54, 1.807) is 26.0 Å². The average molecular weight is 355 g/mol. The Morgan fingerprint density at radius 1 is 1.40 bits per heavy atom.